The summed E-state index contributed by atoms with van der Waals surface area (Å²) in [5.74, 6) is 5.80. The van der Waals surface area contributed by atoms with E-state index in [2.05, 4.69) is 26.8 Å². The van der Waals surface area contributed by atoms with Crippen LogP contribution in [0.15, 0.2) is 30.3 Å². The fraction of sp³-hybridized carbons (Fsp3) is 0.467. The fourth-order valence-corrected chi connectivity index (χ4v) is 1.64. The van der Waals surface area contributed by atoms with Gasteiger partial charge in [-0.25, -0.2) is 0 Å². The van der Waals surface area contributed by atoms with Crippen LogP contribution in [0, 0.1) is 0 Å². The minimum atomic E-state index is -0.540. The van der Waals surface area contributed by atoms with Crippen LogP contribution in [-0.4, -0.2) is 11.2 Å². The maximum Gasteiger partial charge on any atom is 0.152 e. The summed E-state index contributed by atoms with van der Waals surface area (Å²) in [6, 6.07) is 8.02. The van der Waals surface area contributed by atoms with Crippen molar-refractivity contribution in [2.24, 2.45) is 5.90 Å². The van der Waals surface area contributed by atoms with Crippen LogP contribution in [0.5, 0.6) is 0 Å². The summed E-state index contributed by atoms with van der Waals surface area (Å²) in [4.78, 5) is 4.88. The zero-order valence-electron chi connectivity index (χ0n) is 11.6. The SMILES string of the molecule is CCC(O)/C=C(\ON)c1cccc(C(C)(C)C)c1. The summed E-state index contributed by atoms with van der Waals surface area (Å²) >= 11 is 0. The Bertz CT molecular complexity index is 419. The van der Waals surface area contributed by atoms with E-state index in [1.165, 1.54) is 5.56 Å². The van der Waals surface area contributed by atoms with Crippen molar-refractivity contribution in [3.8, 4) is 0 Å². The van der Waals surface area contributed by atoms with Crippen molar-refractivity contribution >= 4 is 5.76 Å². The Kier molecular flexibility index (Phi) is 4.93. The van der Waals surface area contributed by atoms with Gasteiger partial charge in [-0.05, 0) is 29.5 Å². The molecule has 3 N–H and O–H groups in total. The maximum atomic E-state index is 9.64. The normalized spacial score (nSPS) is 14.4. The molecule has 0 saturated carbocycles. The number of rotatable bonds is 4. The zero-order chi connectivity index (χ0) is 13.8. The van der Waals surface area contributed by atoms with Crippen molar-refractivity contribution < 1.29 is 9.94 Å². The van der Waals surface area contributed by atoms with Gasteiger partial charge in [-0.2, -0.15) is 5.90 Å². The van der Waals surface area contributed by atoms with E-state index in [1.54, 1.807) is 6.08 Å². The molecule has 1 unspecified atom stereocenters. The van der Waals surface area contributed by atoms with Gasteiger partial charge in [0, 0.05) is 5.56 Å². The third-order valence-corrected chi connectivity index (χ3v) is 2.90. The zero-order valence-corrected chi connectivity index (χ0v) is 11.6. The Morgan fingerprint density at radius 1 is 1.44 bits per heavy atom. The highest BCUT2D eigenvalue weighted by atomic mass is 16.6. The van der Waals surface area contributed by atoms with Crippen LogP contribution in [0.3, 0.4) is 0 Å². The van der Waals surface area contributed by atoms with Crippen LogP contribution in [0.2, 0.25) is 0 Å². The van der Waals surface area contributed by atoms with E-state index in [9.17, 15) is 5.11 Å². The molecule has 0 spiro atoms. The standard InChI is InChI=1S/C15H23NO2/c1-5-13(17)10-14(18-16)11-7-6-8-12(9-11)15(2,3)4/h6-10,13,17H,5,16H2,1-4H3/b14-10-. The molecule has 18 heavy (non-hydrogen) atoms. The first kappa shape index (κ1) is 14.7. The third kappa shape index (κ3) is 3.86. The van der Waals surface area contributed by atoms with Crippen LogP contribution in [-0.2, 0) is 10.3 Å². The maximum absolute atomic E-state index is 9.64. The van der Waals surface area contributed by atoms with Gasteiger partial charge in [0.1, 0.15) is 0 Å². The molecule has 0 aromatic heterocycles. The second-order valence-corrected chi connectivity index (χ2v) is 5.46. The topological polar surface area (TPSA) is 55.5 Å². The van der Waals surface area contributed by atoms with Crippen LogP contribution in [0.25, 0.3) is 5.76 Å². The summed E-state index contributed by atoms with van der Waals surface area (Å²) in [7, 11) is 0. The number of aliphatic hydroxyl groups is 1. The molecule has 0 radical (unpaired) electrons. The second-order valence-electron chi connectivity index (χ2n) is 5.46. The van der Waals surface area contributed by atoms with E-state index in [0.717, 1.165) is 5.56 Å². The van der Waals surface area contributed by atoms with E-state index in [0.29, 0.717) is 12.2 Å². The number of hydrogen-bond acceptors (Lipinski definition) is 3. The minimum Gasteiger partial charge on any atom is -0.411 e. The highest BCUT2D eigenvalue weighted by Crippen LogP contribution is 2.25. The molecule has 100 valence electrons. The van der Waals surface area contributed by atoms with Crippen molar-refractivity contribution in [1.82, 2.24) is 0 Å². The first-order chi connectivity index (χ1) is 8.38. The molecule has 0 aliphatic carbocycles. The van der Waals surface area contributed by atoms with Gasteiger partial charge in [0.15, 0.2) is 5.76 Å². The average molecular weight is 249 g/mol. The van der Waals surface area contributed by atoms with Crippen molar-refractivity contribution in [3.05, 3.63) is 41.5 Å². The van der Waals surface area contributed by atoms with Crippen LogP contribution < -0.4 is 5.90 Å². The van der Waals surface area contributed by atoms with E-state index < -0.39 is 6.10 Å². The second kappa shape index (κ2) is 6.03. The van der Waals surface area contributed by atoms with E-state index >= 15 is 0 Å². The van der Waals surface area contributed by atoms with Gasteiger partial charge < -0.3 is 9.94 Å². The third-order valence-electron chi connectivity index (χ3n) is 2.90. The molecule has 1 aromatic rings. The first-order valence-electron chi connectivity index (χ1n) is 6.26. The minimum absolute atomic E-state index is 0.0685. The summed E-state index contributed by atoms with van der Waals surface area (Å²) in [5.41, 5.74) is 2.16. The molecule has 0 aliphatic rings. The monoisotopic (exact) mass is 249 g/mol. The Labute approximate surface area is 109 Å². The average Bonchev–Trinajstić information content (AvgIpc) is 2.34. The highest BCUT2D eigenvalue weighted by Gasteiger charge is 2.15. The Morgan fingerprint density at radius 2 is 2.11 bits per heavy atom. The van der Waals surface area contributed by atoms with Crippen molar-refractivity contribution in [3.63, 3.8) is 0 Å². The van der Waals surface area contributed by atoms with Crippen molar-refractivity contribution in [2.45, 2.75) is 45.6 Å². The Hall–Kier alpha value is -1.32. The fourth-order valence-electron chi connectivity index (χ4n) is 1.64. The highest BCUT2D eigenvalue weighted by molar-refractivity contribution is 5.61. The molecule has 1 aromatic carbocycles. The molecule has 0 heterocycles. The Balaban J connectivity index is 3.12. The predicted molar refractivity (Wildman–Crippen MR) is 74.7 cm³/mol. The number of benzene rings is 1. The molecule has 1 rings (SSSR count). The van der Waals surface area contributed by atoms with Gasteiger partial charge in [-0.3, -0.25) is 0 Å². The molecular weight excluding hydrogens is 226 g/mol. The first-order valence-corrected chi connectivity index (χ1v) is 6.26. The lowest BCUT2D eigenvalue weighted by Gasteiger charge is -2.20. The summed E-state index contributed by atoms with van der Waals surface area (Å²) in [6.07, 6.45) is 1.73. The van der Waals surface area contributed by atoms with Gasteiger partial charge in [-0.15, -0.1) is 0 Å². The number of aliphatic hydroxyl groups excluding tert-OH is 1. The largest absolute Gasteiger partial charge is 0.411 e. The summed E-state index contributed by atoms with van der Waals surface area (Å²) in [6.45, 7) is 8.36. The van der Waals surface area contributed by atoms with Crippen molar-refractivity contribution in [2.75, 3.05) is 0 Å². The van der Waals surface area contributed by atoms with Gasteiger partial charge >= 0.3 is 0 Å². The van der Waals surface area contributed by atoms with E-state index in [4.69, 9.17) is 10.7 Å². The molecule has 3 nitrogen and oxygen atoms in total. The lowest BCUT2D eigenvalue weighted by molar-refractivity contribution is 0.212. The van der Waals surface area contributed by atoms with E-state index in [1.807, 2.05) is 25.1 Å². The number of nitrogens with two attached hydrogens (primary N) is 1. The van der Waals surface area contributed by atoms with Crippen molar-refractivity contribution in [1.29, 1.82) is 0 Å². The van der Waals surface area contributed by atoms with Gasteiger partial charge in [0.25, 0.3) is 0 Å². The molecule has 0 amide bonds. The number of hydrogen-bond donors (Lipinski definition) is 2. The van der Waals surface area contributed by atoms with Crippen LogP contribution >= 0.6 is 0 Å². The molecule has 0 bridgehead atoms. The molecule has 0 fully saturated rings. The smallest absolute Gasteiger partial charge is 0.152 e. The Morgan fingerprint density at radius 3 is 2.61 bits per heavy atom. The van der Waals surface area contributed by atoms with Gasteiger partial charge in [-0.1, -0.05) is 45.9 Å². The van der Waals surface area contributed by atoms with Crippen LogP contribution in [0.1, 0.15) is 45.2 Å². The predicted octanol–water partition coefficient (Wildman–Crippen LogP) is 2.99. The quantitative estimate of drug-likeness (QED) is 0.637. The molecule has 1 atom stereocenters. The van der Waals surface area contributed by atoms with Gasteiger partial charge in [0.05, 0.1) is 6.10 Å². The lowest BCUT2D eigenvalue weighted by Crippen LogP contribution is -2.12. The van der Waals surface area contributed by atoms with Crippen LogP contribution in [0.4, 0.5) is 0 Å². The molecule has 0 saturated heterocycles. The van der Waals surface area contributed by atoms with E-state index in [-0.39, 0.29) is 5.41 Å². The summed E-state index contributed by atoms with van der Waals surface area (Å²) in [5, 5.41) is 9.64. The van der Waals surface area contributed by atoms with Gasteiger partial charge in [0.2, 0.25) is 0 Å². The summed E-state index contributed by atoms with van der Waals surface area (Å²) < 4.78 is 0. The molecule has 3 heteroatoms. The lowest BCUT2D eigenvalue weighted by atomic mass is 9.86. The molecule has 0 aliphatic heterocycles. The molecular formula is C15H23NO2.